The highest BCUT2D eigenvalue weighted by Crippen LogP contribution is 2.42. The van der Waals surface area contributed by atoms with Crippen LogP contribution >= 0.6 is 0 Å². The molecule has 0 aliphatic heterocycles. The molecular formula is C60H55N2O4+. The van der Waals surface area contributed by atoms with E-state index < -0.39 is 37.3 Å². The van der Waals surface area contributed by atoms with E-state index in [4.69, 9.17) is 31.4 Å². The Hall–Kier alpha value is -7.18. The molecule has 0 atom stereocenters. The molecule has 6 aromatic heterocycles. The van der Waals surface area contributed by atoms with E-state index in [0.717, 1.165) is 93.3 Å². The molecule has 6 aromatic carbocycles. The number of fused-ring (bicyclic) bond motifs is 12. The zero-order valence-corrected chi connectivity index (χ0v) is 38.2. The Kier molecular flexibility index (Phi) is 7.29. The second-order valence-electron chi connectivity index (χ2n) is 19.4. The summed E-state index contributed by atoms with van der Waals surface area (Å²) in [7, 11) is 1.79. The van der Waals surface area contributed by atoms with Gasteiger partial charge in [0, 0.05) is 80.2 Å². The molecule has 0 bridgehead atoms. The van der Waals surface area contributed by atoms with E-state index >= 15 is 0 Å². The van der Waals surface area contributed by atoms with Crippen molar-refractivity contribution in [3.8, 4) is 22.5 Å². The standard InChI is InChI=1S/C31H30NO2.C29H25NO2/c1-18-11-12-22-24-15-27-23(21-9-7-8-10-26(21)33-27)14-28(24)34-30(22)29(18)25-13-20(16-31(3,4)5)19(2)17-32(25)6;1-17-16-30-24(12-19(17)15-29(2,3)4)18-9-10-26-21(11-18)23-14-27-22(13-28(23)32-26)20-7-5-6-8-25(20)31-27/h7-15,17H,16H2,1-6H3;5-14,16H,15H2,1-4H3/q+1;/i2D3,16D2;1D3,15D2. The quantitative estimate of drug-likeness (QED) is 0.165. The van der Waals surface area contributed by atoms with Crippen LogP contribution in [0.1, 0.15) is 83.1 Å². The lowest BCUT2D eigenvalue weighted by atomic mass is 9.86. The fourth-order valence-corrected chi connectivity index (χ4v) is 9.15. The summed E-state index contributed by atoms with van der Waals surface area (Å²) in [5, 5.41) is 7.61. The summed E-state index contributed by atoms with van der Waals surface area (Å²) >= 11 is 0. The summed E-state index contributed by atoms with van der Waals surface area (Å²) in [5.74, 6) is 0. The molecule has 0 aliphatic carbocycles. The van der Waals surface area contributed by atoms with Crippen molar-refractivity contribution in [1.29, 1.82) is 0 Å². The number of furan rings is 4. The minimum Gasteiger partial charge on any atom is -0.456 e. The molecule has 66 heavy (non-hydrogen) atoms. The predicted octanol–water partition coefficient (Wildman–Crippen LogP) is 16.6. The maximum absolute atomic E-state index is 8.98. The first-order chi connectivity index (χ1) is 35.5. The summed E-state index contributed by atoms with van der Waals surface area (Å²) in [4.78, 5) is 4.45. The van der Waals surface area contributed by atoms with Crippen LogP contribution in [0.2, 0.25) is 0 Å². The largest absolute Gasteiger partial charge is 0.456 e. The van der Waals surface area contributed by atoms with Gasteiger partial charge in [0.15, 0.2) is 6.20 Å². The number of nitrogens with zero attached hydrogens (tertiary/aromatic N) is 2. The van der Waals surface area contributed by atoms with Gasteiger partial charge < -0.3 is 17.7 Å². The molecule has 0 unspecified atom stereocenters. The summed E-state index contributed by atoms with van der Waals surface area (Å²) in [5.41, 5.74) is 8.26. The minimum atomic E-state index is -2.48. The van der Waals surface area contributed by atoms with Gasteiger partial charge in [-0.05, 0) is 127 Å². The maximum atomic E-state index is 8.98. The Labute approximate surface area is 398 Å². The Morgan fingerprint density at radius 1 is 0.515 bits per heavy atom. The van der Waals surface area contributed by atoms with Crippen molar-refractivity contribution in [2.24, 2.45) is 17.9 Å². The summed E-state index contributed by atoms with van der Waals surface area (Å²) in [6, 6.07) is 36.8. The fraction of sp³-hybridized carbons (Fsp3) is 0.233. The van der Waals surface area contributed by atoms with Gasteiger partial charge in [0.25, 0.3) is 0 Å². The zero-order chi connectivity index (χ0) is 54.4. The molecule has 0 saturated heterocycles. The van der Waals surface area contributed by atoms with E-state index in [-0.39, 0.29) is 22.3 Å². The van der Waals surface area contributed by atoms with Gasteiger partial charge in [-0.2, -0.15) is 0 Å². The first-order valence-electron chi connectivity index (χ1n) is 27.1. The average molecular weight is 878 g/mol. The molecule has 0 aliphatic rings. The van der Waals surface area contributed by atoms with Gasteiger partial charge in [0.1, 0.15) is 51.7 Å². The van der Waals surface area contributed by atoms with E-state index in [1.807, 2.05) is 110 Å². The van der Waals surface area contributed by atoms with E-state index in [0.29, 0.717) is 22.6 Å². The number of para-hydroxylation sites is 2. The van der Waals surface area contributed by atoms with Crippen molar-refractivity contribution in [3.63, 3.8) is 0 Å². The van der Waals surface area contributed by atoms with Crippen molar-refractivity contribution in [2.45, 2.75) is 74.9 Å². The predicted molar refractivity (Wildman–Crippen MR) is 272 cm³/mol. The van der Waals surface area contributed by atoms with Gasteiger partial charge in [-0.25, -0.2) is 4.57 Å². The third kappa shape index (κ3) is 7.29. The molecule has 0 saturated carbocycles. The number of aryl methyl sites for hydroxylation is 4. The summed E-state index contributed by atoms with van der Waals surface area (Å²) in [6.45, 7) is 7.67. The van der Waals surface area contributed by atoms with E-state index in [9.17, 15) is 0 Å². The average Bonchev–Trinajstić information content (AvgIpc) is 4.12. The molecule has 0 radical (unpaired) electrons. The molecule has 0 N–H and O–H groups in total. The van der Waals surface area contributed by atoms with Gasteiger partial charge in [0.2, 0.25) is 5.69 Å². The van der Waals surface area contributed by atoms with E-state index in [1.165, 1.54) is 6.20 Å². The second-order valence-corrected chi connectivity index (χ2v) is 19.4. The molecular weight excluding hydrogens is 813 g/mol. The first kappa shape index (κ1) is 31.7. The zero-order valence-electron chi connectivity index (χ0n) is 48.2. The van der Waals surface area contributed by atoms with Gasteiger partial charge in [-0.3, -0.25) is 4.98 Å². The monoisotopic (exact) mass is 877 g/mol. The van der Waals surface area contributed by atoms with Gasteiger partial charge in [-0.15, -0.1) is 0 Å². The summed E-state index contributed by atoms with van der Waals surface area (Å²) in [6.07, 6.45) is -0.965. The summed E-state index contributed by atoms with van der Waals surface area (Å²) < 4.78 is 111. The number of aromatic nitrogens is 2. The van der Waals surface area contributed by atoms with Gasteiger partial charge in [-0.1, -0.05) is 90.1 Å². The van der Waals surface area contributed by atoms with E-state index in [2.05, 4.69) is 4.98 Å². The van der Waals surface area contributed by atoms with Gasteiger partial charge >= 0.3 is 0 Å². The lowest BCUT2D eigenvalue weighted by molar-refractivity contribution is -0.660. The van der Waals surface area contributed by atoms with Crippen LogP contribution in [0.3, 0.4) is 0 Å². The Morgan fingerprint density at radius 3 is 1.62 bits per heavy atom. The Balaban J connectivity index is 0.000000162. The normalized spacial score (nSPS) is 15.6. The van der Waals surface area contributed by atoms with Crippen molar-refractivity contribution in [3.05, 3.63) is 155 Å². The van der Waals surface area contributed by atoms with Crippen molar-refractivity contribution < 1.29 is 35.9 Å². The van der Waals surface area contributed by atoms with Crippen molar-refractivity contribution in [2.75, 3.05) is 0 Å². The van der Waals surface area contributed by atoms with Gasteiger partial charge in [0.05, 0.1) is 11.3 Å². The highest BCUT2D eigenvalue weighted by atomic mass is 16.3. The SMILES string of the molecule is [2H]C([2H])([2H])c1c[n+](C)c(-c2c(C)ccc3c2oc2cc4c(cc23)oc2ccccc24)cc1C([2H])([2H])C(C)(C)C.[2H]C([2H])([2H])c1cnc(-c2ccc3oc4cc5c(cc4c3c2)oc2ccccc25)cc1C([2H])([2H])C(C)(C)C. The number of rotatable bonds is 4. The molecule has 12 rings (SSSR count). The topological polar surface area (TPSA) is 69.3 Å². The van der Waals surface area contributed by atoms with Crippen LogP contribution in [0, 0.1) is 31.5 Å². The highest BCUT2D eigenvalue weighted by Gasteiger charge is 2.25. The Morgan fingerprint density at radius 2 is 1.03 bits per heavy atom. The number of hydrogen-bond acceptors (Lipinski definition) is 5. The third-order valence-corrected chi connectivity index (χ3v) is 12.1. The van der Waals surface area contributed by atoms with Crippen LogP contribution in [-0.2, 0) is 19.8 Å². The molecule has 6 nitrogen and oxygen atoms in total. The fourth-order valence-electron chi connectivity index (χ4n) is 9.15. The van der Waals surface area contributed by atoms with Crippen LogP contribution in [0.5, 0.6) is 0 Å². The molecule has 6 heteroatoms. The number of hydrogen-bond donors (Lipinski definition) is 0. The van der Waals surface area contributed by atoms with Crippen molar-refractivity contribution >= 4 is 87.8 Å². The van der Waals surface area contributed by atoms with Crippen molar-refractivity contribution in [1.82, 2.24) is 4.98 Å². The smallest absolute Gasteiger partial charge is 0.216 e. The van der Waals surface area contributed by atoms with Crippen LogP contribution in [-0.4, -0.2) is 4.98 Å². The highest BCUT2D eigenvalue weighted by molar-refractivity contribution is 6.17. The van der Waals surface area contributed by atoms with Crippen LogP contribution in [0.15, 0.2) is 145 Å². The lowest BCUT2D eigenvalue weighted by Gasteiger charge is -2.20. The second kappa shape index (κ2) is 15.2. The number of pyridine rings is 2. The molecule has 328 valence electrons. The van der Waals surface area contributed by atoms with Crippen LogP contribution < -0.4 is 4.57 Å². The lowest BCUT2D eigenvalue weighted by Crippen LogP contribution is -2.32. The molecule has 0 fully saturated rings. The molecule has 0 amide bonds. The molecule has 12 aromatic rings. The molecule has 0 spiro atoms. The first-order valence-corrected chi connectivity index (χ1v) is 22.1. The maximum Gasteiger partial charge on any atom is 0.216 e. The molecule has 6 heterocycles. The minimum absolute atomic E-state index is 0.00958. The van der Waals surface area contributed by atoms with Crippen LogP contribution in [0.4, 0.5) is 0 Å². The third-order valence-electron chi connectivity index (χ3n) is 12.1. The number of benzene rings is 6. The van der Waals surface area contributed by atoms with Crippen LogP contribution in [0.25, 0.3) is 110 Å². The van der Waals surface area contributed by atoms with E-state index in [1.54, 1.807) is 71.5 Å². The Bertz CT molecular complexity index is 4330.